The summed E-state index contributed by atoms with van der Waals surface area (Å²) in [6.07, 6.45) is 3.12. The molecule has 0 fully saturated rings. The van der Waals surface area contributed by atoms with Crippen LogP contribution in [0.15, 0.2) is 0 Å². The van der Waals surface area contributed by atoms with Gasteiger partial charge in [0.1, 0.15) is 6.61 Å². The van der Waals surface area contributed by atoms with Crippen molar-refractivity contribution in [1.29, 1.82) is 0 Å². The summed E-state index contributed by atoms with van der Waals surface area (Å²) in [5.41, 5.74) is 0. The normalized spacial score (nSPS) is 10.0. The number of carbonyl (C=O) groups is 1. The van der Waals surface area contributed by atoms with Crippen LogP contribution in [0.2, 0.25) is 0 Å². The van der Waals surface area contributed by atoms with Crippen molar-refractivity contribution in [1.82, 2.24) is 3.53 Å². The third kappa shape index (κ3) is 10.0. The van der Waals surface area contributed by atoms with Gasteiger partial charge in [-0.2, -0.15) is 0 Å². The van der Waals surface area contributed by atoms with Crippen LogP contribution < -0.4 is 3.53 Å². The van der Waals surface area contributed by atoms with Gasteiger partial charge in [-0.25, -0.2) is 0 Å². The van der Waals surface area contributed by atoms with Crippen LogP contribution in [0.5, 0.6) is 0 Å². The molecule has 1 N–H and O–H groups in total. The van der Waals surface area contributed by atoms with Crippen molar-refractivity contribution in [2.75, 3.05) is 26.9 Å². The number of unbranched alkanes of at least 4 members (excludes halogenated alkanes) is 2. The topological polar surface area (TPSA) is 47.6 Å². The highest BCUT2D eigenvalue weighted by Gasteiger charge is 1.97. The first-order chi connectivity index (χ1) is 6.31. The Morgan fingerprint density at radius 3 is 2.62 bits per heavy atom. The fraction of sp³-hybridized carbons (Fsp3) is 0.875. The molecule has 0 aromatic rings. The molecule has 0 aliphatic heterocycles. The number of hydrogen-bond donors (Lipinski definition) is 1. The van der Waals surface area contributed by atoms with Gasteiger partial charge in [0.2, 0.25) is 0 Å². The molecule has 0 saturated heterocycles. The fourth-order valence-corrected chi connectivity index (χ4v) is 0.975. The molecule has 0 rings (SSSR count). The van der Waals surface area contributed by atoms with Crippen molar-refractivity contribution in [2.45, 2.75) is 19.3 Å². The Balaban J connectivity index is 2.95. The Kier molecular flexibility index (Phi) is 10.3. The van der Waals surface area contributed by atoms with Crippen molar-refractivity contribution in [3.05, 3.63) is 0 Å². The second-order valence-corrected chi connectivity index (χ2v) is 3.16. The Morgan fingerprint density at radius 1 is 1.31 bits per heavy atom. The van der Waals surface area contributed by atoms with Gasteiger partial charge in [0.05, 0.1) is 22.9 Å². The average molecular weight is 301 g/mol. The average Bonchev–Trinajstić information content (AvgIpc) is 2.16. The van der Waals surface area contributed by atoms with E-state index in [1.807, 2.05) is 0 Å². The summed E-state index contributed by atoms with van der Waals surface area (Å²) in [5.74, 6) is -0.0857. The van der Waals surface area contributed by atoms with E-state index in [0.717, 1.165) is 25.9 Å². The molecule has 0 heterocycles. The van der Waals surface area contributed by atoms with Gasteiger partial charge >= 0.3 is 0 Å². The highest BCUT2D eigenvalue weighted by atomic mass is 127. The molecule has 0 unspecified atom stereocenters. The smallest absolute Gasteiger partial charge is 0.254 e. The van der Waals surface area contributed by atoms with E-state index in [-0.39, 0.29) is 12.5 Å². The number of nitrogens with one attached hydrogen (secondary N) is 1. The monoisotopic (exact) mass is 301 g/mol. The Labute approximate surface area is 92.9 Å². The number of halogens is 1. The maximum absolute atomic E-state index is 10.7. The molecule has 0 atom stereocenters. The molecule has 0 saturated carbocycles. The van der Waals surface area contributed by atoms with Gasteiger partial charge in [-0.1, -0.05) is 0 Å². The first-order valence-electron chi connectivity index (χ1n) is 4.27. The number of hydrogen-bond acceptors (Lipinski definition) is 3. The first kappa shape index (κ1) is 13.1. The van der Waals surface area contributed by atoms with Crippen LogP contribution in [-0.4, -0.2) is 32.8 Å². The van der Waals surface area contributed by atoms with Crippen LogP contribution in [0.3, 0.4) is 0 Å². The molecule has 0 aromatic carbocycles. The summed E-state index contributed by atoms with van der Waals surface area (Å²) < 4.78 is 12.5. The molecule has 0 spiro atoms. The van der Waals surface area contributed by atoms with Crippen molar-refractivity contribution < 1.29 is 14.3 Å². The van der Waals surface area contributed by atoms with Crippen LogP contribution >= 0.6 is 22.9 Å². The summed E-state index contributed by atoms with van der Waals surface area (Å²) in [7, 11) is 1.70. The number of rotatable bonds is 8. The second-order valence-electron chi connectivity index (χ2n) is 2.62. The zero-order chi connectivity index (χ0) is 9.94. The van der Waals surface area contributed by atoms with Gasteiger partial charge in [-0.3, -0.25) is 8.32 Å². The SMILES string of the molecule is COCCCCCOCC(=O)NI. The molecule has 13 heavy (non-hydrogen) atoms. The lowest BCUT2D eigenvalue weighted by atomic mass is 10.2. The van der Waals surface area contributed by atoms with Crippen molar-refractivity contribution in [2.24, 2.45) is 0 Å². The highest BCUT2D eigenvalue weighted by molar-refractivity contribution is 14.1. The molecule has 1 amide bonds. The summed E-state index contributed by atoms with van der Waals surface area (Å²) in [6, 6.07) is 0. The van der Waals surface area contributed by atoms with Crippen molar-refractivity contribution in [3.63, 3.8) is 0 Å². The number of carbonyl (C=O) groups excluding carboxylic acids is 1. The maximum Gasteiger partial charge on any atom is 0.254 e. The first-order valence-corrected chi connectivity index (χ1v) is 5.35. The Hall–Kier alpha value is 0.120. The van der Waals surface area contributed by atoms with Gasteiger partial charge < -0.3 is 9.47 Å². The molecule has 0 bridgehead atoms. The third-order valence-corrected chi connectivity index (χ3v) is 2.08. The minimum Gasteiger partial charge on any atom is -0.385 e. The van der Waals surface area contributed by atoms with Gasteiger partial charge in [0.25, 0.3) is 5.91 Å². The zero-order valence-corrected chi connectivity index (χ0v) is 10.0. The van der Waals surface area contributed by atoms with E-state index in [1.165, 1.54) is 0 Å². The highest BCUT2D eigenvalue weighted by Crippen LogP contribution is 1.95. The Bertz CT molecular complexity index is 133. The van der Waals surface area contributed by atoms with E-state index >= 15 is 0 Å². The third-order valence-electron chi connectivity index (χ3n) is 1.48. The summed E-state index contributed by atoms with van der Waals surface area (Å²) in [5, 5.41) is 0. The number of amides is 1. The lowest BCUT2D eigenvalue weighted by Crippen LogP contribution is -2.18. The summed E-state index contributed by atoms with van der Waals surface area (Å²) >= 11 is 1.80. The van der Waals surface area contributed by atoms with Crippen LogP contribution in [-0.2, 0) is 14.3 Å². The predicted molar refractivity (Wildman–Crippen MR) is 58.7 cm³/mol. The van der Waals surface area contributed by atoms with Crippen LogP contribution in [0, 0.1) is 0 Å². The molecule has 78 valence electrons. The van der Waals surface area contributed by atoms with Crippen molar-refractivity contribution in [3.8, 4) is 0 Å². The van der Waals surface area contributed by atoms with Gasteiger partial charge in [0, 0.05) is 20.3 Å². The largest absolute Gasteiger partial charge is 0.385 e. The van der Waals surface area contributed by atoms with Crippen LogP contribution in [0.4, 0.5) is 0 Å². The quantitative estimate of drug-likeness (QED) is 0.417. The number of ether oxygens (including phenoxy) is 2. The molecule has 5 heteroatoms. The predicted octanol–water partition coefficient (Wildman–Crippen LogP) is 1.29. The standard InChI is InChI=1S/C8H16INO3/c1-12-5-3-2-4-6-13-7-8(11)10-9/h2-7H2,1H3,(H,10,11). The molecule has 0 aromatic heterocycles. The van der Waals surface area contributed by atoms with E-state index in [4.69, 9.17) is 9.47 Å². The molecular weight excluding hydrogens is 285 g/mol. The lowest BCUT2D eigenvalue weighted by Gasteiger charge is -2.02. The van der Waals surface area contributed by atoms with E-state index in [1.54, 1.807) is 30.0 Å². The van der Waals surface area contributed by atoms with E-state index in [0.29, 0.717) is 6.61 Å². The Morgan fingerprint density at radius 2 is 2.00 bits per heavy atom. The summed E-state index contributed by atoms with van der Waals surface area (Å²) in [6.45, 7) is 1.61. The van der Waals surface area contributed by atoms with Crippen LogP contribution in [0.25, 0.3) is 0 Å². The van der Waals surface area contributed by atoms with Crippen molar-refractivity contribution >= 4 is 28.8 Å². The minimum atomic E-state index is -0.0857. The van der Waals surface area contributed by atoms with Gasteiger partial charge in [0.15, 0.2) is 0 Å². The molecule has 4 nitrogen and oxygen atoms in total. The molecular formula is C8H16INO3. The van der Waals surface area contributed by atoms with Gasteiger partial charge in [-0.05, 0) is 19.3 Å². The van der Waals surface area contributed by atoms with Crippen LogP contribution in [0.1, 0.15) is 19.3 Å². The van der Waals surface area contributed by atoms with Gasteiger partial charge in [-0.15, -0.1) is 0 Å². The molecule has 0 aliphatic rings. The zero-order valence-electron chi connectivity index (χ0n) is 7.85. The van der Waals surface area contributed by atoms with E-state index < -0.39 is 0 Å². The summed E-state index contributed by atoms with van der Waals surface area (Å²) in [4.78, 5) is 10.7. The lowest BCUT2D eigenvalue weighted by molar-refractivity contribution is -0.123. The minimum absolute atomic E-state index is 0.0857. The van der Waals surface area contributed by atoms with E-state index in [9.17, 15) is 4.79 Å². The number of methoxy groups -OCH3 is 1. The van der Waals surface area contributed by atoms with E-state index in [2.05, 4.69) is 3.53 Å². The maximum atomic E-state index is 10.7. The fourth-order valence-electron chi connectivity index (χ4n) is 0.819. The molecule has 0 radical (unpaired) electrons. The molecule has 0 aliphatic carbocycles. The second kappa shape index (κ2) is 10.2.